The number of anilines is 2. The number of carbonyl (C=O) groups is 1. The first-order chi connectivity index (χ1) is 9.51. The lowest BCUT2D eigenvalue weighted by Gasteiger charge is -2.09. The highest BCUT2D eigenvalue weighted by molar-refractivity contribution is 9.10. The Bertz CT molecular complexity index is 662. The van der Waals surface area contributed by atoms with Gasteiger partial charge in [-0.1, -0.05) is 27.5 Å². The molecule has 0 unspecified atom stereocenters. The number of carbonyl (C=O) groups excluding carboxylic acids is 1. The maximum Gasteiger partial charge on any atom is 0.257 e. The van der Waals surface area contributed by atoms with Crippen molar-refractivity contribution < 1.29 is 9.53 Å². The molecule has 0 radical (unpaired) electrons. The van der Waals surface area contributed by atoms with E-state index >= 15 is 0 Å². The third-order valence-electron chi connectivity index (χ3n) is 2.67. The number of benzene rings is 2. The molecule has 0 saturated carbocycles. The maximum absolute atomic E-state index is 12.1. The highest BCUT2D eigenvalue weighted by atomic mass is 79.9. The van der Waals surface area contributed by atoms with E-state index in [1.807, 2.05) is 0 Å². The molecule has 0 aliphatic heterocycles. The second-order valence-electron chi connectivity index (χ2n) is 4.04. The Balaban J connectivity index is 2.21. The number of nitrogens with two attached hydrogens (primary N) is 1. The molecule has 0 atom stereocenters. The number of ether oxygens (including phenoxy) is 1. The molecule has 0 saturated heterocycles. The van der Waals surface area contributed by atoms with Crippen molar-refractivity contribution in [2.45, 2.75) is 0 Å². The van der Waals surface area contributed by atoms with Gasteiger partial charge in [0, 0.05) is 15.8 Å². The number of nitrogen functional groups attached to an aromatic ring is 1. The van der Waals surface area contributed by atoms with Crippen molar-refractivity contribution in [2.24, 2.45) is 0 Å². The molecule has 4 nitrogen and oxygen atoms in total. The summed E-state index contributed by atoms with van der Waals surface area (Å²) in [4.78, 5) is 12.1. The van der Waals surface area contributed by atoms with Crippen molar-refractivity contribution in [3.63, 3.8) is 0 Å². The van der Waals surface area contributed by atoms with Crippen molar-refractivity contribution in [3.05, 3.63) is 51.5 Å². The molecule has 0 aromatic heterocycles. The highest BCUT2D eigenvalue weighted by Crippen LogP contribution is 2.28. The Morgan fingerprint density at radius 3 is 2.65 bits per heavy atom. The molecule has 2 rings (SSSR count). The van der Waals surface area contributed by atoms with E-state index in [4.69, 9.17) is 22.1 Å². The number of rotatable bonds is 3. The molecule has 0 bridgehead atoms. The van der Waals surface area contributed by atoms with Crippen molar-refractivity contribution in [1.82, 2.24) is 0 Å². The normalized spacial score (nSPS) is 10.2. The quantitative estimate of drug-likeness (QED) is 0.820. The fraction of sp³-hybridized carbons (Fsp3) is 0.0714. The van der Waals surface area contributed by atoms with Crippen molar-refractivity contribution >= 4 is 44.8 Å². The van der Waals surface area contributed by atoms with E-state index in [1.165, 1.54) is 7.11 Å². The Labute approximate surface area is 130 Å². The molecule has 0 fully saturated rings. The average Bonchev–Trinajstić information content (AvgIpc) is 2.38. The molecule has 6 heteroatoms. The smallest absolute Gasteiger partial charge is 0.257 e. The summed E-state index contributed by atoms with van der Waals surface area (Å²) in [6.07, 6.45) is 0. The zero-order valence-corrected chi connectivity index (χ0v) is 13.0. The van der Waals surface area contributed by atoms with Gasteiger partial charge in [0.2, 0.25) is 0 Å². The van der Waals surface area contributed by atoms with Crippen LogP contribution in [0.15, 0.2) is 40.9 Å². The van der Waals surface area contributed by atoms with Crippen LogP contribution in [0.2, 0.25) is 5.02 Å². The molecule has 0 aliphatic rings. The first-order valence-corrected chi connectivity index (χ1v) is 6.88. The lowest BCUT2D eigenvalue weighted by atomic mass is 10.1. The van der Waals surface area contributed by atoms with Gasteiger partial charge in [-0.25, -0.2) is 0 Å². The monoisotopic (exact) mass is 354 g/mol. The molecule has 2 aromatic rings. The van der Waals surface area contributed by atoms with Crippen LogP contribution in [0.3, 0.4) is 0 Å². The van der Waals surface area contributed by atoms with Crippen LogP contribution in [0.25, 0.3) is 0 Å². The van der Waals surface area contributed by atoms with Crippen molar-refractivity contribution in [2.75, 3.05) is 18.2 Å². The number of amides is 1. The van der Waals surface area contributed by atoms with E-state index in [9.17, 15) is 4.79 Å². The molecule has 104 valence electrons. The van der Waals surface area contributed by atoms with E-state index in [-0.39, 0.29) is 5.91 Å². The summed E-state index contributed by atoms with van der Waals surface area (Å²) in [6.45, 7) is 0. The summed E-state index contributed by atoms with van der Waals surface area (Å²) in [6, 6.07) is 10.1. The topological polar surface area (TPSA) is 64.3 Å². The maximum atomic E-state index is 12.1. The molecule has 0 spiro atoms. The van der Waals surface area contributed by atoms with Gasteiger partial charge in [0.15, 0.2) is 0 Å². The third-order valence-corrected chi connectivity index (χ3v) is 3.46. The Hall–Kier alpha value is -1.72. The Kier molecular flexibility index (Phi) is 4.52. The summed E-state index contributed by atoms with van der Waals surface area (Å²) < 4.78 is 5.87. The molecule has 2 aromatic carbocycles. The van der Waals surface area contributed by atoms with E-state index < -0.39 is 0 Å². The minimum absolute atomic E-state index is 0.295. The number of methoxy groups -OCH3 is 1. The van der Waals surface area contributed by atoms with Gasteiger partial charge in [-0.3, -0.25) is 4.79 Å². The summed E-state index contributed by atoms with van der Waals surface area (Å²) in [7, 11) is 1.53. The standard InChI is InChI=1S/C14H12BrClN2O2/c1-20-13-5-3-9(7-11(13)16)18-14(19)10-4-2-8(15)6-12(10)17/h2-7H,17H2,1H3,(H,18,19). The van der Waals surface area contributed by atoms with Gasteiger partial charge in [0.25, 0.3) is 5.91 Å². The van der Waals surface area contributed by atoms with Gasteiger partial charge in [0.1, 0.15) is 5.75 Å². The summed E-state index contributed by atoms with van der Waals surface area (Å²) in [5.41, 5.74) is 7.19. The van der Waals surface area contributed by atoms with E-state index in [0.29, 0.717) is 27.7 Å². The molecular formula is C14H12BrClN2O2. The average molecular weight is 356 g/mol. The third kappa shape index (κ3) is 3.23. The van der Waals surface area contributed by atoms with Crippen LogP contribution in [0.5, 0.6) is 5.75 Å². The Morgan fingerprint density at radius 1 is 1.30 bits per heavy atom. The highest BCUT2D eigenvalue weighted by Gasteiger charge is 2.11. The number of hydrogen-bond donors (Lipinski definition) is 2. The van der Waals surface area contributed by atoms with Crippen LogP contribution in [0.4, 0.5) is 11.4 Å². The van der Waals surface area contributed by atoms with Gasteiger partial charge in [0.05, 0.1) is 17.7 Å². The second kappa shape index (κ2) is 6.15. The SMILES string of the molecule is COc1ccc(NC(=O)c2ccc(Br)cc2N)cc1Cl. The predicted molar refractivity (Wildman–Crippen MR) is 84.5 cm³/mol. The number of halogens is 2. The van der Waals surface area contributed by atoms with Crippen molar-refractivity contribution in [1.29, 1.82) is 0 Å². The van der Waals surface area contributed by atoms with Crippen LogP contribution < -0.4 is 15.8 Å². The second-order valence-corrected chi connectivity index (χ2v) is 5.36. The lowest BCUT2D eigenvalue weighted by molar-refractivity contribution is 0.102. The molecular weight excluding hydrogens is 344 g/mol. The number of hydrogen-bond acceptors (Lipinski definition) is 3. The zero-order chi connectivity index (χ0) is 14.7. The van der Waals surface area contributed by atoms with Crippen LogP contribution in [0, 0.1) is 0 Å². The minimum atomic E-state index is -0.295. The van der Waals surface area contributed by atoms with E-state index in [1.54, 1.807) is 36.4 Å². The van der Waals surface area contributed by atoms with Crippen molar-refractivity contribution in [3.8, 4) is 5.75 Å². The van der Waals surface area contributed by atoms with E-state index in [2.05, 4.69) is 21.2 Å². The number of nitrogens with one attached hydrogen (secondary N) is 1. The van der Waals surface area contributed by atoms with E-state index in [0.717, 1.165) is 4.47 Å². The van der Waals surface area contributed by atoms with Gasteiger partial charge in [-0.05, 0) is 36.4 Å². The van der Waals surface area contributed by atoms with Crippen LogP contribution in [-0.4, -0.2) is 13.0 Å². The fourth-order valence-electron chi connectivity index (χ4n) is 1.68. The molecule has 0 heterocycles. The first-order valence-electron chi connectivity index (χ1n) is 5.71. The van der Waals surface area contributed by atoms with Gasteiger partial charge in [-0.15, -0.1) is 0 Å². The minimum Gasteiger partial charge on any atom is -0.495 e. The van der Waals surface area contributed by atoms with Crippen LogP contribution in [0.1, 0.15) is 10.4 Å². The van der Waals surface area contributed by atoms with Gasteiger partial charge >= 0.3 is 0 Å². The van der Waals surface area contributed by atoms with Crippen LogP contribution in [-0.2, 0) is 0 Å². The van der Waals surface area contributed by atoms with Gasteiger partial charge in [-0.2, -0.15) is 0 Å². The molecule has 3 N–H and O–H groups in total. The van der Waals surface area contributed by atoms with Gasteiger partial charge < -0.3 is 15.8 Å². The summed E-state index contributed by atoms with van der Waals surface area (Å²) >= 11 is 9.30. The summed E-state index contributed by atoms with van der Waals surface area (Å²) in [5, 5.41) is 3.16. The summed E-state index contributed by atoms with van der Waals surface area (Å²) in [5.74, 6) is 0.254. The molecule has 0 aliphatic carbocycles. The first kappa shape index (κ1) is 14.7. The van der Waals surface area contributed by atoms with Crippen LogP contribution >= 0.6 is 27.5 Å². The largest absolute Gasteiger partial charge is 0.495 e. The lowest BCUT2D eigenvalue weighted by Crippen LogP contribution is -2.14. The molecule has 1 amide bonds. The zero-order valence-electron chi connectivity index (χ0n) is 10.6. The molecule has 20 heavy (non-hydrogen) atoms. The fourth-order valence-corrected chi connectivity index (χ4v) is 2.32. The Morgan fingerprint density at radius 2 is 2.05 bits per heavy atom. The predicted octanol–water partition coefficient (Wildman–Crippen LogP) is 3.95.